The number of rotatable bonds is 22. The number of benzene rings is 1. The first-order chi connectivity index (χ1) is 19.2. The average Bonchev–Trinajstić information content (AvgIpc) is 3.04. The van der Waals surface area contributed by atoms with E-state index in [1.807, 2.05) is 24.3 Å². The SMILES string of the molecule is CCCCCCCCCCCN(C)C1COCC(N(C)CCCCCCCCCCC)Oc2ccccc2O1. The number of likely N-dealkylation sites (N-methyl/N-ethyl adjacent to an activating group) is 2. The van der Waals surface area contributed by atoms with Crippen molar-refractivity contribution in [2.45, 2.75) is 142 Å². The minimum absolute atomic E-state index is 0.106. The Labute approximate surface area is 242 Å². The fourth-order valence-electron chi connectivity index (χ4n) is 5.34. The molecule has 0 saturated carbocycles. The highest BCUT2D eigenvalue weighted by Crippen LogP contribution is 2.30. The Kier molecular flexibility index (Phi) is 19.5. The van der Waals surface area contributed by atoms with Crippen LogP contribution in [0.15, 0.2) is 24.3 Å². The summed E-state index contributed by atoms with van der Waals surface area (Å²) in [5.41, 5.74) is 0. The van der Waals surface area contributed by atoms with Crippen molar-refractivity contribution in [2.24, 2.45) is 0 Å². The lowest BCUT2D eigenvalue weighted by atomic mass is 10.1. The molecule has 0 aromatic heterocycles. The fourth-order valence-corrected chi connectivity index (χ4v) is 5.34. The highest BCUT2D eigenvalue weighted by atomic mass is 16.6. The molecule has 1 aliphatic rings. The fraction of sp³-hybridized carbons (Fsp3) is 0.824. The van der Waals surface area contributed by atoms with Crippen molar-refractivity contribution >= 4 is 0 Å². The summed E-state index contributed by atoms with van der Waals surface area (Å²) in [5.74, 6) is 1.63. The van der Waals surface area contributed by atoms with E-state index in [4.69, 9.17) is 14.2 Å². The van der Waals surface area contributed by atoms with Gasteiger partial charge in [-0.3, -0.25) is 9.80 Å². The molecule has 0 saturated heterocycles. The summed E-state index contributed by atoms with van der Waals surface area (Å²) in [7, 11) is 4.32. The third-order valence-electron chi connectivity index (χ3n) is 8.11. The second kappa shape index (κ2) is 22.4. The molecule has 1 aromatic carbocycles. The number of hydrogen-bond acceptors (Lipinski definition) is 5. The normalized spacial score (nSPS) is 17.8. The van der Waals surface area contributed by atoms with Crippen LogP contribution >= 0.6 is 0 Å². The van der Waals surface area contributed by atoms with Crippen molar-refractivity contribution in [3.8, 4) is 11.5 Å². The first-order valence-electron chi connectivity index (χ1n) is 16.6. The van der Waals surface area contributed by atoms with Crippen LogP contribution in [0.3, 0.4) is 0 Å². The molecule has 1 heterocycles. The van der Waals surface area contributed by atoms with E-state index in [1.54, 1.807) is 0 Å². The molecule has 39 heavy (non-hydrogen) atoms. The molecule has 0 radical (unpaired) electrons. The minimum Gasteiger partial charge on any atom is -0.469 e. The van der Waals surface area contributed by atoms with Crippen molar-refractivity contribution in [3.05, 3.63) is 24.3 Å². The van der Waals surface area contributed by atoms with Crippen LogP contribution in [0.5, 0.6) is 11.5 Å². The standard InChI is InChI=1S/C34H62N2O3/c1-5-7-9-11-13-15-17-19-23-27-35(3)33-29-37-30-34(39-32-26-22-21-25-31(32)38-33)36(4)28-24-20-18-16-14-12-10-8-6-2/h21-22,25-26,33-34H,5-20,23-24,27-30H2,1-4H3. The predicted octanol–water partition coefficient (Wildman–Crippen LogP) is 9.05. The molecule has 0 fully saturated rings. The summed E-state index contributed by atoms with van der Waals surface area (Å²) >= 11 is 0. The van der Waals surface area contributed by atoms with Gasteiger partial charge < -0.3 is 14.2 Å². The molecular weight excluding hydrogens is 484 g/mol. The van der Waals surface area contributed by atoms with Crippen LogP contribution < -0.4 is 9.47 Å². The second-order valence-corrected chi connectivity index (χ2v) is 11.7. The lowest BCUT2D eigenvalue weighted by Gasteiger charge is -2.28. The van der Waals surface area contributed by atoms with E-state index < -0.39 is 0 Å². The molecule has 1 aliphatic heterocycles. The molecule has 0 N–H and O–H groups in total. The average molecular weight is 547 g/mol. The first-order valence-corrected chi connectivity index (χ1v) is 16.6. The molecular formula is C34H62N2O3. The Hall–Kier alpha value is -1.30. The van der Waals surface area contributed by atoms with Gasteiger partial charge in [-0.2, -0.15) is 0 Å². The Morgan fingerprint density at radius 1 is 0.538 bits per heavy atom. The van der Waals surface area contributed by atoms with Gasteiger partial charge in [0.05, 0.1) is 13.2 Å². The van der Waals surface area contributed by atoms with E-state index in [0.717, 1.165) is 24.6 Å². The minimum atomic E-state index is -0.106. The first kappa shape index (κ1) is 33.9. The Morgan fingerprint density at radius 2 is 0.872 bits per heavy atom. The number of nitrogens with zero attached hydrogens (tertiary/aromatic N) is 2. The van der Waals surface area contributed by atoms with Gasteiger partial charge >= 0.3 is 0 Å². The highest BCUT2D eigenvalue weighted by Gasteiger charge is 2.25. The van der Waals surface area contributed by atoms with Gasteiger partial charge in [0.2, 0.25) is 0 Å². The third-order valence-corrected chi connectivity index (χ3v) is 8.11. The molecule has 0 amide bonds. The van der Waals surface area contributed by atoms with Crippen LogP contribution in [0.25, 0.3) is 0 Å². The molecule has 0 spiro atoms. The Balaban J connectivity index is 1.73. The lowest BCUT2D eigenvalue weighted by Crippen LogP contribution is -2.43. The zero-order valence-corrected chi connectivity index (χ0v) is 26.1. The summed E-state index contributed by atoms with van der Waals surface area (Å²) in [4.78, 5) is 4.62. The van der Waals surface area contributed by atoms with Gasteiger partial charge in [-0.15, -0.1) is 0 Å². The maximum Gasteiger partial charge on any atom is 0.176 e. The smallest absolute Gasteiger partial charge is 0.176 e. The number of para-hydroxylation sites is 2. The molecule has 5 heteroatoms. The van der Waals surface area contributed by atoms with E-state index in [0.29, 0.717) is 13.2 Å². The summed E-state index contributed by atoms with van der Waals surface area (Å²) < 4.78 is 19.1. The van der Waals surface area contributed by atoms with Crippen LogP contribution in [-0.4, -0.2) is 62.7 Å². The zero-order valence-electron chi connectivity index (χ0n) is 26.1. The molecule has 2 rings (SSSR count). The molecule has 0 bridgehead atoms. The van der Waals surface area contributed by atoms with Crippen LogP contribution in [0.4, 0.5) is 0 Å². The van der Waals surface area contributed by atoms with Gasteiger partial charge in [0.15, 0.2) is 24.0 Å². The van der Waals surface area contributed by atoms with E-state index >= 15 is 0 Å². The number of ether oxygens (including phenoxy) is 3. The monoisotopic (exact) mass is 546 g/mol. The summed E-state index contributed by atoms with van der Waals surface area (Å²) in [6.45, 7) is 7.71. The van der Waals surface area contributed by atoms with Gasteiger partial charge in [0, 0.05) is 13.1 Å². The van der Waals surface area contributed by atoms with Crippen molar-refractivity contribution in [1.29, 1.82) is 0 Å². The Bertz CT molecular complexity index is 644. The number of hydrogen-bond donors (Lipinski definition) is 0. The van der Waals surface area contributed by atoms with Gasteiger partial charge in [-0.1, -0.05) is 129 Å². The van der Waals surface area contributed by atoms with Crippen LogP contribution in [0.1, 0.15) is 129 Å². The van der Waals surface area contributed by atoms with Crippen LogP contribution in [-0.2, 0) is 4.74 Å². The van der Waals surface area contributed by atoms with Crippen molar-refractivity contribution in [3.63, 3.8) is 0 Å². The van der Waals surface area contributed by atoms with E-state index in [-0.39, 0.29) is 12.5 Å². The summed E-state index contributed by atoms with van der Waals surface area (Å²) in [6.07, 6.45) is 24.0. The summed E-state index contributed by atoms with van der Waals surface area (Å²) in [6, 6.07) is 8.11. The van der Waals surface area contributed by atoms with Crippen molar-refractivity contribution in [1.82, 2.24) is 9.80 Å². The molecule has 226 valence electrons. The maximum atomic E-state index is 6.46. The largest absolute Gasteiger partial charge is 0.469 e. The number of fused-ring (bicyclic) bond motifs is 1. The third kappa shape index (κ3) is 15.3. The summed E-state index contributed by atoms with van der Waals surface area (Å²) in [5, 5.41) is 0. The van der Waals surface area contributed by atoms with Crippen molar-refractivity contribution < 1.29 is 14.2 Å². The van der Waals surface area contributed by atoms with E-state index in [1.165, 1.54) is 116 Å². The van der Waals surface area contributed by atoms with E-state index in [2.05, 4.69) is 37.7 Å². The molecule has 0 aliphatic carbocycles. The topological polar surface area (TPSA) is 34.2 Å². The van der Waals surface area contributed by atoms with Crippen LogP contribution in [0, 0.1) is 0 Å². The predicted molar refractivity (Wildman–Crippen MR) is 166 cm³/mol. The highest BCUT2D eigenvalue weighted by molar-refractivity contribution is 5.39. The lowest BCUT2D eigenvalue weighted by molar-refractivity contribution is -0.0634. The molecule has 5 nitrogen and oxygen atoms in total. The molecule has 2 atom stereocenters. The van der Waals surface area contributed by atoms with Gasteiger partial charge in [-0.25, -0.2) is 0 Å². The quantitative estimate of drug-likeness (QED) is 0.136. The molecule has 1 aromatic rings. The van der Waals surface area contributed by atoms with Crippen molar-refractivity contribution in [2.75, 3.05) is 40.4 Å². The van der Waals surface area contributed by atoms with Gasteiger partial charge in [0.1, 0.15) is 0 Å². The van der Waals surface area contributed by atoms with Gasteiger partial charge in [-0.05, 0) is 39.1 Å². The number of unbranched alkanes of at least 4 members (excludes halogenated alkanes) is 16. The maximum absolute atomic E-state index is 6.46. The van der Waals surface area contributed by atoms with Crippen LogP contribution in [0.2, 0.25) is 0 Å². The van der Waals surface area contributed by atoms with Gasteiger partial charge in [0.25, 0.3) is 0 Å². The zero-order chi connectivity index (χ0) is 28.0. The molecule has 2 unspecified atom stereocenters. The second-order valence-electron chi connectivity index (χ2n) is 11.7. The van der Waals surface area contributed by atoms with E-state index in [9.17, 15) is 0 Å². The Morgan fingerprint density at radius 3 is 1.23 bits per heavy atom.